The summed E-state index contributed by atoms with van der Waals surface area (Å²) in [6.45, 7) is 0. The van der Waals surface area contributed by atoms with E-state index in [2.05, 4.69) is 127 Å². The van der Waals surface area contributed by atoms with Gasteiger partial charge in [0.2, 0.25) is 0 Å². The van der Waals surface area contributed by atoms with Gasteiger partial charge in [0, 0.05) is 27.5 Å². The van der Waals surface area contributed by atoms with Crippen LogP contribution in [0.25, 0.3) is 54.6 Å². The number of amidine groups is 2. The summed E-state index contributed by atoms with van der Waals surface area (Å²) >= 11 is 0. The van der Waals surface area contributed by atoms with Crippen LogP contribution in [-0.2, 0) is 0 Å². The van der Waals surface area contributed by atoms with Gasteiger partial charge in [-0.15, -0.1) is 0 Å². The number of furan rings is 1. The second kappa shape index (κ2) is 10.3. The summed E-state index contributed by atoms with van der Waals surface area (Å²) in [7, 11) is 0. The lowest BCUT2D eigenvalue weighted by Crippen LogP contribution is -2.33. The Morgan fingerprint density at radius 2 is 1.24 bits per heavy atom. The fourth-order valence-corrected chi connectivity index (χ4v) is 6.53. The van der Waals surface area contributed by atoms with Gasteiger partial charge in [-0.3, -0.25) is 0 Å². The molecule has 9 rings (SSSR count). The molecule has 4 nitrogen and oxygen atoms in total. The van der Waals surface area contributed by atoms with Gasteiger partial charge in [0.05, 0.1) is 0 Å². The zero-order valence-electron chi connectivity index (χ0n) is 24.3. The zero-order valence-corrected chi connectivity index (χ0v) is 24.3. The molecule has 0 bridgehead atoms. The number of nitrogens with one attached hydrogen (secondary N) is 1. The summed E-state index contributed by atoms with van der Waals surface area (Å²) in [6, 6.07) is 52.8. The van der Waals surface area contributed by atoms with E-state index in [1.807, 2.05) is 30.3 Å². The average Bonchev–Trinajstić information content (AvgIpc) is 3.49. The Kier molecular flexibility index (Phi) is 5.85. The summed E-state index contributed by atoms with van der Waals surface area (Å²) in [4.78, 5) is 10.4. The minimum atomic E-state index is -0.407. The monoisotopic (exact) mass is 577 g/mol. The van der Waals surface area contributed by atoms with Crippen molar-refractivity contribution in [2.75, 3.05) is 0 Å². The molecule has 45 heavy (non-hydrogen) atoms. The molecular formula is C41H27N3O. The molecule has 0 aliphatic carbocycles. The summed E-state index contributed by atoms with van der Waals surface area (Å²) in [5.41, 5.74) is 6.96. The summed E-state index contributed by atoms with van der Waals surface area (Å²) < 4.78 is 6.51. The molecule has 0 amide bonds. The lowest BCUT2D eigenvalue weighted by atomic mass is 9.95. The molecule has 0 fully saturated rings. The third-order valence-corrected chi connectivity index (χ3v) is 8.71. The molecule has 1 atom stereocenters. The molecule has 0 spiro atoms. The molecule has 1 aliphatic rings. The Morgan fingerprint density at radius 3 is 2.13 bits per heavy atom. The van der Waals surface area contributed by atoms with Crippen molar-refractivity contribution in [2.24, 2.45) is 9.98 Å². The first kappa shape index (κ1) is 25.5. The van der Waals surface area contributed by atoms with Crippen LogP contribution in [0.3, 0.4) is 0 Å². The Morgan fingerprint density at radius 1 is 0.511 bits per heavy atom. The summed E-state index contributed by atoms with van der Waals surface area (Å²) in [5.74, 6) is 1.49. The Balaban J connectivity index is 1.28. The van der Waals surface area contributed by atoms with Crippen LogP contribution in [0.2, 0.25) is 0 Å². The lowest BCUT2D eigenvalue weighted by molar-refractivity contribution is 0.662. The number of aliphatic imine (C=N–C) groups is 2. The van der Waals surface area contributed by atoms with E-state index in [0.29, 0.717) is 5.84 Å². The highest BCUT2D eigenvalue weighted by Crippen LogP contribution is 2.39. The van der Waals surface area contributed by atoms with Crippen LogP contribution >= 0.6 is 0 Å². The van der Waals surface area contributed by atoms with Crippen molar-refractivity contribution in [3.05, 3.63) is 168 Å². The van der Waals surface area contributed by atoms with E-state index in [1.165, 1.54) is 16.2 Å². The van der Waals surface area contributed by atoms with Gasteiger partial charge in [-0.2, -0.15) is 0 Å². The highest BCUT2D eigenvalue weighted by atomic mass is 16.3. The van der Waals surface area contributed by atoms with Crippen LogP contribution in [-0.4, -0.2) is 11.7 Å². The van der Waals surface area contributed by atoms with Crippen molar-refractivity contribution < 1.29 is 4.42 Å². The highest BCUT2D eigenvalue weighted by Gasteiger charge is 2.26. The average molecular weight is 578 g/mol. The minimum Gasteiger partial charge on any atom is -0.456 e. The van der Waals surface area contributed by atoms with Gasteiger partial charge in [0.15, 0.2) is 5.84 Å². The molecule has 0 saturated heterocycles. The number of hydrogen-bond donors (Lipinski definition) is 1. The standard InChI is InChI=1S/C41H27N3O/c1-2-13-28(14-3-1)39-42-40(33-19-10-16-27-12-6-7-17-32(27)33)44-41(43-39)35-24-31(30-22-21-26-11-4-5-15-29(26)23-30)25-37-38(35)34-18-8-9-20-36(34)45-37/h1-25,41H,(H,42,43,44). The molecule has 1 aliphatic heterocycles. The Bertz CT molecular complexity index is 2470. The molecule has 7 aromatic carbocycles. The van der Waals surface area contributed by atoms with Crippen molar-refractivity contribution in [3.8, 4) is 11.1 Å². The van der Waals surface area contributed by atoms with Crippen molar-refractivity contribution in [1.29, 1.82) is 0 Å². The molecular weight excluding hydrogens is 550 g/mol. The first-order chi connectivity index (χ1) is 22.3. The van der Waals surface area contributed by atoms with Crippen LogP contribution in [0, 0.1) is 0 Å². The number of benzene rings is 7. The molecule has 212 valence electrons. The lowest BCUT2D eigenvalue weighted by Gasteiger charge is -2.25. The summed E-state index contributed by atoms with van der Waals surface area (Å²) in [5, 5.41) is 10.6. The SMILES string of the molecule is c1ccc(C2=NC(c3cc(-c4ccc5ccccc5c4)cc4oc5ccccc5c34)NC(c3cccc4ccccc34)=N2)cc1. The van der Waals surface area contributed by atoms with Gasteiger partial charge in [-0.1, -0.05) is 127 Å². The number of nitrogens with zero attached hydrogens (tertiary/aromatic N) is 2. The van der Waals surface area contributed by atoms with Crippen molar-refractivity contribution in [1.82, 2.24) is 5.32 Å². The predicted octanol–water partition coefficient (Wildman–Crippen LogP) is 10.1. The smallest absolute Gasteiger partial charge is 0.159 e. The third kappa shape index (κ3) is 4.38. The maximum absolute atomic E-state index is 6.51. The Labute approximate surface area is 260 Å². The molecule has 0 saturated carbocycles. The number of para-hydroxylation sites is 1. The van der Waals surface area contributed by atoms with Crippen LogP contribution in [0.4, 0.5) is 0 Å². The molecule has 2 heterocycles. The normalized spacial score (nSPS) is 14.9. The summed E-state index contributed by atoms with van der Waals surface area (Å²) in [6.07, 6.45) is -0.407. The highest BCUT2D eigenvalue weighted by molar-refractivity contribution is 6.18. The fourth-order valence-electron chi connectivity index (χ4n) is 6.53. The number of rotatable bonds is 4. The predicted molar refractivity (Wildman–Crippen MR) is 186 cm³/mol. The fraction of sp³-hybridized carbons (Fsp3) is 0.0244. The zero-order chi connectivity index (χ0) is 29.7. The van der Waals surface area contributed by atoms with Gasteiger partial charge < -0.3 is 9.73 Å². The van der Waals surface area contributed by atoms with Crippen molar-refractivity contribution >= 4 is 55.2 Å². The van der Waals surface area contributed by atoms with Crippen molar-refractivity contribution in [3.63, 3.8) is 0 Å². The topological polar surface area (TPSA) is 49.9 Å². The molecule has 0 radical (unpaired) electrons. The first-order valence-electron chi connectivity index (χ1n) is 15.2. The number of hydrogen-bond acceptors (Lipinski definition) is 4. The second-order valence-corrected chi connectivity index (χ2v) is 11.5. The van der Waals surface area contributed by atoms with Gasteiger partial charge >= 0.3 is 0 Å². The van der Waals surface area contributed by atoms with Gasteiger partial charge in [-0.05, 0) is 56.9 Å². The second-order valence-electron chi connectivity index (χ2n) is 11.5. The third-order valence-electron chi connectivity index (χ3n) is 8.71. The quantitative estimate of drug-likeness (QED) is 0.226. The van der Waals surface area contributed by atoms with E-state index in [1.54, 1.807) is 0 Å². The van der Waals surface area contributed by atoms with Crippen LogP contribution in [0.5, 0.6) is 0 Å². The molecule has 1 aromatic heterocycles. The van der Waals surface area contributed by atoms with E-state index in [9.17, 15) is 0 Å². The van der Waals surface area contributed by atoms with E-state index in [0.717, 1.165) is 61.0 Å². The Hall–Kier alpha value is -6.00. The maximum Gasteiger partial charge on any atom is 0.159 e. The van der Waals surface area contributed by atoms with Crippen LogP contribution in [0.15, 0.2) is 166 Å². The molecule has 8 aromatic rings. The van der Waals surface area contributed by atoms with E-state index < -0.39 is 6.17 Å². The van der Waals surface area contributed by atoms with Gasteiger partial charge in [0.1, 0.15) is 23.2 Å². The van der Waals surface area contributed by atoms with Gasteiger partial charge in [-0.25, -0.2) is 9.98 Å². The first-order valence-corrected chi connectivity index (χ1v) is 15.2. The minimum absolute atomic E-state index is 0.407. The van der Waals surface area contributed by atoms with E-state index in [4.69, 9.17) is 14.4 Å². The van der Waals surface area contributed by atoms with E-state index >= 15 is 0 Å². The van der Waals surface area contributed by atoms with Crippen LogP contribution < -0.4 is 5.32 Å². The van der Waals surface area contributed by atoms with E-state index in [-0.39, 0.29) is 0 Å². The largest absolute Gasteiger partial charge is 0.456 e. The molecule has 1 N–H and O–H groups in total. The molecule has 4 heteroatoms. The van der Waals surface area contributed by atoms with Crippen molar-refractivity contribution in [2.45, 2.75) is 6.17 Å². The molecule has 1 unspecified atom stereocenters. The van der Waals surface area contributed by atoms with Crippen LogP contribution in [0.1, 0.15) is 22.9 Å². The maximum atomic E-state index is 6.51. The number of fused-ring (bicyclic) bond motifs is 5. The van der Waals surface area contributed by atoms with Gasteiger partial charge in [0.25, 0.3) is 0 Å².